The third-order valence-corrected chi connectivity index (χ3v) is 5.02. The summed E-state index contributed by atoms with van der Waals surface area (Å²) >= 11 is 0. The lowest BCUT2D eigenvalue weighted by Gasteiger charge is -2.18. The van der Waals surface area contributed by atoms with Gasteiger partial charge in [0.1, 0.15) is 14.1 Å². The summed E-state index contributed by atoms with van der Waals surface area (Å²) in [5.41, 5.74) is 8.53. The topological polar surface area (TPSA) is 39.5 Å². The molecule has 0 aliphatic heterocycles. The smallest absolute Gasteiger partial charge is 0.199 e. The Morgan fingerprint density at radius 2 is 1.00 bits per heavy atom. The van der Waals surface area contributed by atoms with Crippen LogP contribution in [0.1, 0.15) is 11.1 Å². The van der Waals surface area contributed by atoms with Gasteiger partial charge in [0.25, 0.3) is 0 Å². The molecule has 0 fully saturated rings. The first-order valence-electron chi connectivity index (χ1n) is 9.57. The second-order valence-corrected chi connectivity index (χ2v) is 7.70. The summed E-state index contributed by atoms with van der Waals surface area (Å²) in [6, 6.07) is 17.6. The van der Waals surface area contributed by atoms with Gasteiger partial charge in [-0.1, -0.05) is 24.3 Å². The summed E-state index contributed by atoms with van der Waals surface area (Å²) in [7, 11) is 12.4. The monoisotopic (exact) mass is 389 g/mol. The van der Waals surface area contributed by atoms with Crippen molar-refractivity contribution in [3.05, 3.63) is 89.5 Å². The summed E-state index contributed by atoms with van der Waals surface area (Å²) in [5.74, 6) is 0. The number of hydrogen-bond donors (Lipinski definition) is 0. The van der Waals surface area contributed by atoms with Gasteiger partial charge in [0.15, 0.2) is 5.71 Å². The molecule has 1 aliphatic carbocycles. The molecule has 0 saturated heterocycles. The zero-order valence-electron chi connectivity index (χ0n) is 18.2. The SMILES string of the molecule is CN(C)c1ccc(C(=C2C=CC(=[N+](C)C)C=C2)c2ccc(N(C)C)cc2)cc1.[OH-]. The summed E-state index contributed by atoms with van der Waals surface area (Å²) in [6.45, 7) is 0. The van der Waals surface area contributed by atoms with E-state index in [4.69, 9.17) is 0 Å². The van der Waals surface area contributed by atoms with Gasteiger partial charge in [0.2, 0.25) is 0 Å². The van der Waals surface area contributed by atoms with Crippen LogP contribution in [-0.4, -0.2) is 58.0 Å². The molecular formula is C25H31N3O. The number of nitrogens with zero attached hydrogens (tertiary/aromatic N) is 3. The van der Waals surface area contributed by atoms with E-state index in [-0.39, 0.29) is 5.48 Å². The molecule has 0 amide bonds. The van der Waals surface area contributed by atoms with Gasteiger partial charge in [0, 0.05) is 51.7 Å². The van der Waals surface area contributed by atoms with Crippen LogP contribution in [0.4, 0.5) is 11.4 Å². The van der Waals surface area contributed by atoms with Gasteiger partial charge < -0.3 is 15.3 Å². The predicted molar refractivity (Wildman–Crippen MR) is 125 cm³/mol. The van der Waals surface area contributed by atoms with Crippen molar-refractivity contribution in [2.45, 2.75) is 0 Å². The van der Waals surface area contributed by atoms with Gasteiger partial charge >= 0.3 is 0 Å². The molecule has 1 aliphatic rings. The van der Waals surface area contributed by atoms with Crippen LogP contribution in [0.25, 0.3) is 5.57 Å². The molecule has 2 aromatic rings. The van der Waals surface area contributed by atoms with Gasteiger partial charge in [0.05, 0.1) is 0 Å². The molecule has 0 spiro atoms. The average molecular weight is 390 g/mol. The second kappa shape index (κ2) is 9.39. The Balaban J connectivity index is 0.00000300. The van der Waals surface area contributed by atoms with Gasteiger partial charge in [-0.05, 0) is 58.7 Å². The number of anilines is 2. The van der Waals surface area contributed by atoms with Crippen LogP contribution in [0, 0.1) is 0 Å². The standard InChI is InChI=1S/C25H30N3.H2O/c1-26(2)22-13-7-19(8-14-22)25(20-9-15-23(16-10-20)27(3)4)21-11-17-24(18-12-21)28(5)6;/h7-18H,1-6H3;1H2/q+1;/p-1. The molecule has 0 bridgehead atoms. The fraction of sp³-hybridized carbons (Fsp3) is 0.240. The van der Waals surface area contributed by atoms with E-state index in [0.717, 1.165) is 0 Å². The molecule has 0 heterocycles. The molecular weight excluding hydrogens is 358 g/mol. The second-order valence-electron chi connectivity index (χ2n) is 7.70. The molecule has 0 unspecified atom stereocenters. The zero-order valence-corrected chi connectivity index (χ0v) is 18.2. The first-order chi connectivity index (χ1) is 13.4. The van der Waals surface area contributed by atoms with Crippen LogP contribution in [0.2, 0.25) is 0 Å². The highest BCUT2D eigenvalue weighted by Crippen LogP contribution is 2.31. The Morgan fingerprint density at radius 1 is 0.621 bits per heavy atom. The van der Waals surface area contributed by atoms with Crippen molar-refractivity contribution < 1.29 is 10.1 Å². The molecule has 2 aromatic carbocycles. The van der Waals surface area contributed by atoms with Gasteiger partial charge in [-0.3, -0.25) is 0 Å². The zero-order chi connectivity index (χ0) is 20.3. The maximum absolute atomic E-state index is 2.21. The van der Waals surface area contributed by atoms with Crippen LogP contribution in [-0.2, 0) is 0 Å². The number of rotatable bonds is 4. The summed E-state index contributed by atoms with van der Waals surface area (Å²) in [6.07, 6.45) is 8.78. The highest BCUT2D eigenvalue weighted by molar-refractivity contribution is 6.04. The fourth-order valence-corrected chi connectivity index (χ4v) is 3.28. The lowest BCUT2D eigenvalue weighted by Crippen LogP contribution is -2.10. The van der Waals surface area contributed by atoms with E-state index in [0.29, 0.717) is 0 Å². The quantitative estimate of drug-likeness (QED) is 0.733. The molecule has 29 heavy (non-hydrogen) atoms. The van der Waals surface area contributed by atoms with Crippen molar-refractivity contribution in [3.8, 4) is 0 Å². The van der Waals surface area contributed by atoms with E-state index in [9.17, 15) is 0 Å². The summed E-state index contributed by atoms with van der Waals surface area (Å²) in [4.78, 5) is 4.25. The molecule has 0 radical (unpaired) electrons. The van der Waals surface area contributed by atoms with Crippen molar-refractivity contribution in [1.82, 2.24) is 0 Å². The van der Waals surface area contributed by atoms with Gasteiger partial charge in [-0.15, -0.1) is 0 Å². The molecule has 0 aromatic heterocycles. The van der Waals surface area contributed by atoms with Crippen molar-refractivity contribution in [2.75, 3.05) is 52.1 Å². The third-order valence-electron chi connectivity index (χ3n) is 5.02. The van der Waals surface area contributed by atoms with E-state index in [1.165, 1.54) is 39.4 Å². The Kier molecular flexibility index (Phi) is 7.18. The lowest BCUT2D eigenvalue weighted by molar-refractivity contribution is -0.462. The van der Waals surface area contributed by atoms with E-state index in [1.807, 2.05) is 0 Å². The van der Waals surface area contributed by atoms with Crippen molar-refractivity contribution in [2.24, 2.45) is 0 Å². The van der Waals surface area contributed by atoms with Crippen LogP contribution < -0.4 is 9.80 Å². The Labute approximate surface area is 174 Å². The first kappa shape index (κ1) is 22.2. The molecule has 4 heteroatoms. The first-order valence-corrected chi connectivity index (χ1v) is 9.57. The highest BCUT2D eigenvalue weighted by Gasteiger charge is 2.13. The van der Waals surface area contributed by atoms with Crippen LogP contribution in [0.5, 0.6) is 0 Å². The van der Waals surface area contributed by atoms with E-state index in [1.54, 1.807) is 0 Å². The predicted octanol–water partition coefficient (Wildman–Crippen LogP) is 4.28. The maximum atomic E-state index is 2.21. The highest BCUT2D eigenvalue weighted by atomic mass is 16.0. The number of allylic oxidation sites excluding steroid dienone is 5. The molecule has 1 N–H and O–H groups in total. The normalized spacial score (nSPS) is 12.5. The van der Waals surface area contributed by atoms with Gasteiger partial charge in [-0.25, -0.2) is 4.58 Å². The third kappa shape index (κ3) is 5.04. The van der Waals surface area contributed by atoms with Crippen LogP contribution in [0.3, 0.4) is 0 Å². The lowest BCUT2D eigenvalue weighted by atomic mass is 9.90. The largest absolute Gasteiger partial charge is 0.870 e. The fourth-order valence-electron chi connectivity index (χ4n) is 3.28. The van der Waals surface area contributed by atoms with Crippen molar-refractivity contribution in [1.29, 1.82) is 0 Å². The molecule has 4 nitrogen and oxygen atoms in total. The minimum Gasteiger partial charge on any atom is -0.870 e. The Morgan fingerprint density at radius 3 is 1.31 bits per heavy atom. The Hall–Kier alpha value is -3.11. The van der Waals surface area contributed by atoms with E-state index >= 15 is 0 Å². The van der Waals surface area contributed by atoms with E-state index in [2.05, 4.69) is 129 Å². The van der Waals surface area contributed by atoms with Gasteiger partial charge in [-0.2, -0.15) is 0 Å². The minimum atomic E-state index is 0. The number of hydrogen-bond acceptors (Lipinski definition) is 3. The van der Waals surface area contributed by atoms with Crippen LogP contribution >= 0.6 is 0 Å². The average Bonchev–Trinajstić information content (AvgIpc) is 2.69. The minimum absolute atomic E-state index is 0. The van der Waals surface area contributed by atoms with Crippen molar-refractivity contribution >= 4 is 22.7 Å². The molecule has 0 saturated carbocycles. The van der Waals surface area contributed by atoms with E-state index < -0.39 is 0 Å². The molecule has 3 rings (SSSR count). The maximum Gasteiger partial charge on any atom is 0.199 e. The van der Waals surface area contributed by atoms with Crippen LogP contribution in [0.15, 0.2) is 78.4 Å². The van der Waals surface area contributed by atoms with Crippen molar-refractivity contribution in [3.63, 3.8) is 0 Å². The molecule has 0 atom stereocenters. The summed E-state index contributed by atoms with van der Waals surface area (Å²) < 4.78 is 2.13. The number of benzene rings is 2. The molecule has 152 valence electrons. The summed E-state index contributed by atoms with van der Waals surface area (Å²) in [5, 5.41) is 0. The Bertz CT molecular complexity index is 885.